The van der Waals surface area contributed by atoms with Crippen LogP contribution < -0.4 is 24.6 Å². The van der Waals surface area contributed by atoms with E-state index in [0.717, 1.165) is 68.7 Å². The molecule has 0 saturated carbocycles. The Labute approximate surface area is 281 Å². The molecule has 0 amide bonds. The van der Waals surface area contributed by atoms with E-state index < -0.39 is 5.54 Å². The fourth-order valence-corrected chi connectivity index (χ4v) is 5.48. The van der Waals surface area contributed by atoms with Crippen molar-refractivity contribution in [3.63, 3.8) is 0 Å². The van der Waals surface area contributed by atoms with Crippen molar-refractivity contribution in [2.24, 2.45) is 5.73 Å². The maximum Gasteiger partial charge on any atom is 1.00 e. The van der Waals surface area contributed by atoms with Crippen molar-refractivity contribution in [2.45, 2.75) is 36.6 Å². The van der Waals surface area contributed by atoms with Crippen LogP contribution in [0.3, 0.4) is 0 Å². The summed E-state index contributed by atoms with van der Waals surface area (Å²) in [5, 5.41) is 0. The number of nitrogens with zero attached hydrogens (tertiary/aromatic N) is 5. The number of benzene rings is 2. The summed E-state index contributed by atoms with van der Waals surface area (Å²) in [6, 6.07) is 12.2. The van der Waals surface area contributed by atoms with E-state index in [4.69, 9.17) is 21.1 Å². The summed E-state index contributed by atoms with van der Waals surface area (Å²) in [6.07, 6.45) is 6.74. The van der Waals surface area contributed by atoms with E-state index in [0.29, 0.717) is 24.0 Å². The van der Waals surface area contributed by atoms with Gasteiger partial charge < -0.3 is 30.6 Å². The summed E-state index contributed by atoms with van der Waals surface area (Å²) < 4.78 is 37.0. The van der Waals surface area contributed by atoms with E-state index in [1.54, 1.807) is 36.8 Å². The summed E-state index contributed by atoms with van der Waals surface area (Å²) in [5.74, 6) is 0.404. The first-order chi connectivity index (χ1) is 20.3. The Balaban J connectivity index is 0.000000294. The van der Waals surface area contributed by atoms with Crippen LogP contribution in [0.5, 0.6) is 0 Å². The number of rotatable bonds is 5. The number of piperidine rings is 2. The molecule has 2 aliphatic heterocycles. The molecule has 44 heavy (non-hydrogen) atoms. The van der Waals surface area contributed by atoms with Gasteiger partial charge in [-0.2, -0.15) is 0 Å². The van der Waals surface area contributed by atoms with Gasteiger partial charge in [-0.15, -0.1) is 0 Å². The maximum absolute atomic E-state index is 13.0. The Hall–Kier alpha value is -2.78. The van der Waals surface area contributed by atoms with Crippen molar-refractivity contribution in [1.29, 1.82) is 0 Å². The monoisotopic (exact) mass is 612 g/mol. The summed E-state index contributed by atoms with van der Waals surface area (Å²) >= 11 is 0. The fraction of sp³-hybridized carbons (Fsp3) is 0.406. The molecule has 0 radical (unpaired) electrons. The number of hydrogen-bond acceptors (Lipinski definition) is 7. The minimum Gasteiger partial charge on any atom is -1.00 e. The molecular weight excluding hydrogens is 572 g/mol. The van der Waals surface area contributed by atoms with E-state index in [1.165, 1.54) is 24.3 Å². The van der Waals surface area contributed by atoms with Crippen LogP contribution in [0.1, 0.15) is 38.5 Å². The zero-order valence-corrected chi connectivity index (χ0v) is 25.0. The van der Waals surface area contributed by atoms with Crippen molar-refractivity contribution >= 4 is 17.4 Å². The average molecular weight is 613 g/mol. The van der Waals surface area contributed by atoms with E-state index in [1.807, 2.05) is 0 Å². The topological polar surface area (TPSA) is 88.9 Å². The van der Waals surface area contributed by atoms with Crippen LogP contribution in [-0.4, -0.2) is 83.9 Å². The zero-order valence-electron chi connectivity index (χ0n) is 26.0. The second-order valence-electron chi connectivity index (χ2n) is 11.3. The molecule has 4 aromatic rings. The second kappa shape index (κ2) is 15.5. The third-order valence-electron chi connectivity index (χ3n) is 8.57. The molecule has 2 N–H and O–H groups in total. The molecule has 2 aromatic carbocycles. The first kappa shape index (κ1) is 35.7. The van der Waals surface area contributed by atoms with Crippen molar-refractivity contribution in [1.82, 2.24) is 19.8 Å². The Morgan fingerprint density at radius 3 is 1.64 bits per heavy atom. The molecule has 0 bridgehead atoms. The van der Waals surface area contributed by atoms with E-state index in [9.17, 15) is 8.78 Å². The Morgan fingerprint density at radius 1 is 0.795 bits per heavy atom. The second-order valence-corrected chi connectivity index (χ2v) is 11.3. The number of aromatic nitrogens is 2. The molecule has 6 rings (SSSR count). The predicted octanol–water partition coefficient (Wildman–Crippen LogP) is 1.66. The number of nitrogens with two attached hydrogens (primary N) is 1. The van der Waals surface area contributed by atoms with Crippen molar-refractivity contribution in [3.05, 3.63) is 95.5 Å². The van der Waals surface area contributed by atoms with Gasteiger partial charge in [0.25, 0.3) is 5.54 Å². The van der Waals surface area contributed by atoms with Gasteiger partial charge in [0.1, 0.15) is 24.2 Å². The van der Waals surface area contributed by atoms with Gasteiger partial charge in [-0.3, -0.25) is 0 Å². The van der Waals surface area contributed by atoms with Crippen molar-refractivity contribution in [2.75, 3.05) is 46.8 Å². The largest absolute Gasteiger partial charge is 1.00 e. The third kappa shape index (κ3) is 7.89. The molecular formula is C32H40AlF2LiN6O2. The molecule has 0 aliphatic carbocycles. The zero-order chi connectivity index (χ0) is 29.7. The number of oxazole rings is 2. The summed E-state index contributed by atoms with van der Waals surface area (Å²) in [5.41, 5.74) is 8.44. The smallest absolute Gasteiger partial charge is 1.00 e. The van der Waals surface area contributed by atoms with Crippen LogP contribution in [-0.2, 0) is 11.0 Å². The van der Waals surface area contributed by atoms with Crippen LogP contribution >= 0.6 is 0 Å². The summed E-state index contributed by atoms with van der Waals surface area (Å²) in [6.45, 7) is 11.9. The van der Waals surface area contributed by atoms with Crippen molar-refractivity contribution in [3.8, 4) is 22.9 Å². The van der Waals surface area contributed by atoms with Crippen LogP contribution in [0.15, 0.2) is 69.9 Å². The van der Waals surface area contributed by atoms with Gasteiger partial charge in [-0.25, -0.2) is 25.3 Å². The van der Waals surface area contributed by atoms with Crippen LogP contribution in [0.4, 0.5) is 8.78 Å². The number of likely N-dealkylation sites (tertiary alicyclic amines) is 2. The standard InChI is InChI=1S/C16H16FN3O.C16H20FN3O.Al.Li.4H/c1-18-16(7-9-20(2)10-8-16)14-11-21-15(19-14)12-3-5-13(17)6-4-12;1-20-8-6-16(11-18,7-9-20)14-10-21-15(19-14)12-2-4-13(17)5-3-12;;;;;;/h3-6,11H,7-10H2,2H3;2-5,10H,6-9,11,18H2,1H3;;;;;;/q;;;+1;;;;-1. The van der Waals surface area contributed by atoms with Gasteiger partial charge in [-0.05, 0) is 88.6 Å². The first-order valence-electron chi connectivity index (χ1n) is 14.2. The molecule has 12 heteroatoms. The normalized spacial score (nSPS) is 17.7. The molecule has 8 nitrogen and oxygen atoms in total. The minimum absolute atomic E-state index is 0. The predicted molar refractivity (Wildman–Crippen MR) is 167 cm³/mol. The molecule has 4 heterocycles. The average Bonchev–Trinajstić information content (AvgIpc) is 3.72. The Bertz CT molecular complexity index is 1510. The van der Waals surface area contributed by atoms with E-state index in [-0.39, 0.29) is 54.7 Å². The summed E-state index contributed by atoms with van der Waals surface area (Å²) in [7, 11) is 4.17. The molecule has 228 valence electrons. The van der Waals surface area contributed by atoms with Gasteiger partial charge in [0.2, 0.25) is 11.8 Å². The van der Waals surface area contributed by atoms with Gasteiger partial charge in [0, 0.05) is 49.0 Å². The molecule has 2 aromatic heterocycles. The third-order valence-corrected chi connectivity index (χ3v) is 8.57. The number of halogens is 2. The van der Waals surface area contributed by atoms with Gasteiger partial charge >= 0.3 is 18.9 Å². The molecule has 0 spiro atoms. The van der Waals surface area contributed by atoms with E-state index >= 15 is 0 Å². The summed E-state index contributed by atoms with van der Waals surface area (Å²) in [4.78, 5) is 17.5. The first-order valence-corrected chi connectivity index (χ1v) is 14.2. The molecule has 2 aliphatic rings. The number of hydrogen-bond donors (Lipinski definition) is 1. The molecule has 0 unspecified atom stereocenters. The van der Waals surface area contributed by atoms with Gasteiger partial charge in [0.15, 0.2) is 23.1 Å². The Morgan fingerprint density at radius 2 is 1.20 bits per heavy atom. The molecule has 2 fully saturated rings. The minimum atomic E-state index is -0.589. The maximum atomic E-state index is 13.0. The van der Waals surface area contributed by atoms with Gasteiger partial charge in [-0.1, -0.05) is 0 Å². The molecule has 0 atom stereocenters. The van der Waals surface area contributed by atoms with Crippen LogP contribution in [0, 0.1) is 18.2 Å². The molecule has 2 saturated heterocycles. The SMILES string of the molecule is CN1CCC(CN)(c2coc(-c3ccc(F)cc3)n2)CC1.[AlH3].[C-]#[N+]C1(c2coc(-c3ccc(F)cc3)n2)CCN(C)CC1.[H-].[Li+]. The quantitative estimate of drug-likeness (QED) is 0.271. The Kier molecular flexibility index (Phi) is 12.6. The fourth-order valence-electron chi connectivity index (χ4n) is 5.48. The van der Waals surface area contributed by atoms with Crippen LogP contribution in [0.25, 0.3) is 27.8 Å². The van der Waals surface area contributed by atoms with Crippen molar-refractivity contribution < 1.29 is 37.9 Å². The van der Waals surface area contributed by atoms with Gasteiger partial charge in [0.05, 0.1) is 5.69 Å². The van der Waals surface area contributed by atoms with E-state index in [2.05, 4.69) is 38.7 Å². The van der Waals surface area contributed by atoms with Crippen LogP contribution in [0.2, 0.25) is 0 Å².